The van der Waals surface area contributed by atoms with E-state index in [1.807, 2.05) is 0 Å². The van der Waals surface area contributed by atoms with Crippen LogP contribution in [-0.4, -0.2) is 41.0 Å². The lowest BCUT2D eigenvalue weighted by atomic mass is 10.2. The van der Waals surface area contributed by atoms with Gasteiger partial charge in [-0.05, 0) is 31.1 Å². The predicted molar refractivity (Wildman–Crippen MR) is 96.6 cm³/mol. The van der Waals surface area contributed by atoms with Crippen molar-refractivity contribution in [1.82, 2.24) is 9.88 Å². The number of carbonyl (C=O) groups is 2. The molecule has 4 heterocycles. The zero-order valence-electron chi connectivity index (χ0n) is 14.1. The van der Waals surface area contributed by atoms with Gasteiger partial charge in [0, 0.05) is 30.5 Å². The number of nitrogens with zero attached hydrogens (tertiary/aromatic N) is 2. The second kappa shape index (κ2) is 7.43. The third-order valence-electron chi connectivity index (χ3n) is 4.43. The van der Waals surface area contributed by atoms with Gasteiger partial charge in [0.1, 0.15) is 11.9 Å². The normalized spacial score (nSPS) is 19.7. The highest BCUT2D eigenvalue weighted by Crippen LogP contribution is 2.29. The van der Waals surface area contributed by atoms with Crippen LogP contribution in [-0.2, 0) is 27.3 Å². The Morgan fingerprint density at radius 3 is 3.12 bits per heavy atom. The molecule has 4 rings (SSSR count). The molecule has 0 unspecified atom stereocenters. The lowest BCUT2D eigenvalue weighted by Crippen LogP contribution is -2.34. The summed E-state index contributed by atoms with van der Waals surface area (Å²) in [5, 5.41) is 3.42. The van der Waals surface area contributed by atoms with E-state index in [-0.39, 0.29) is 17.9 Å². The quantitative estimate of drug-likeness (QED) is 0.832. The maximum Gasteiger partial charge on any atom is 0.255 e. The van der Waals surface area contributed by atoms with Crippen molar-refractivity contribution in [2.75, 3.05) is 18.5 Å². The van der Waals surface area contributed by atoms with Gasteiger partial charge in [0.05, 0.1) is 18.5 Å². The van der Waals surface area contributed by atoms with E-state index in [1.165, 1.54) is 17.4 Å². The lowest BCUT2D eigenvalue weighted by molar-refractivity contribution is -0.127. The topological polar surface area (TPSA) is 84.7 Å². The Balaban J connectivity index is 1.38. The molecule has 0 aliphatic carbocycles. The molecule has 1 fully saturated rings. The lowest BCUT2D eigenvalue weighted by Gasteiger charge is -2.24. The smallest absolute Gasteiger partial charge is 0.255 e. The standard InChI is InChI=1S/C18H19N3O4S/c22-16(6-5-12-3-1-9-24-12)21-8-7-13-15(11-21)26-18(19-13)20-17(23)14-4-2-10-25-14/h1,3,5-6,9,14H,2,4,7-8,10-11H2,(H,19,20,23)/b6-5+/t14-/m1/s1. The summed E-state index contributed by atoms with van der Waals surface area (Å²) in [7, 11) is 0. The van der Waals surface area contributed by atoms with E-state index in [2.05, 4.69) is 10.3 Å². The Hall–Kier alpha value is -2.45. The Morgan fingerprint density at radius 2 is 2.35 bits per heavy atom. The van der Waals surface area contributed by atoms with Crippen LogP contribution in [0.1, 0.15) is 29.2 Å². The van der Waals surface area contributed by atoms with Crippen LogP contribution in [0, 0.1) is 0 Å². The van der Waals surface area contributed by atoms with E-state index in [1.54, 1.807) is 29.4 Å². The first-order valence-electron chi connectivity index (χ1n) is 8.60. The molecular weight excluding hydrogens is 354 g/mol. The van der Waals surface area contributed by atoms with Crippen molar-refractivity contribution in [1.29, 1.82) is 0 Å². The minimum absolute atomic E-state index is 0.0645. The van der Waals surface area contributed by atoms with Gasteiger partial charge in [0.2, 0.25) is 5.91 Å². The maximum atomic E-state index is 12.4. The molecule has 1 atom stereocenters. The van der Waals surface area contributed by atoms with Crippen molar-refractivity contribution in [3.05, 3.63) is 40.8 Å². The minimum Gasteiger partial charge on any atom is -0.465 e. The molecule has 7 nitrogen and oxygen atoms in total. The summed E-state index contributed by atoms with van der Waals surface area (Å²) >= 11 is 1.42. The highest BCUT2D eigenvalue weighted by molar-refractivity contribution is 7.15. The predicted octanol–water partition coefficient (Wildman–Crippen LogP) is 2.45. The molecule has 8 heteroatoms. The molecule has 0 radical (unpaired) electrons. The van der Waals surface area contributed by atoms with Gasteiger partial charge < -0.3 is 14.1 Å². The number of rotatable bonds is 4. The molecule has 1 N–H and O–H groups in total. The fourth-order valence-electron chi connectivity index (χ4n) is 3.05. The van der Waals surface area contributed by atoms with Gasteiger partial charge in [0.15, 0.2) is 5.13 Å². The summed E-state index contributed by atoms with van der Waals surface area (Å²) in [6, 6.07) is 3.57. The summed E-state index contributed by atoms with van der Waals surface area (Å²) < 4.78 is 10.6. The second-order valence-corrected chi connectivity index (χ2v) is 7.32. The van der Waals surface area contributed by atoms with Crippen molar-refractivity contribution in [2.24, 2.45) is 0 Å². The summed E-state index contributed by atoms with van der Waals surface area (Å²) in [6.45, 7) is 1.75. The summed E-state index contributed by atoms with van der Waals surface area (Å²) in [5.41, 5.74) is 0.955. The molecule has 2 aliphatic heterocycles. The van der Waals surface area contributed by atoms with Crippen LogP contribution in [0.5, 0.6) is 0 Å². The van der Waals surface area contributed by atoms with E-state index < -0.39 is 0 Å². The van der Waals surface area contributed by atoms with Gasteiger partial charge in [-0.2, -0.15) is 0 Å². The molecule has 0 saturated carbocycles. The zero-order valence-corrected chi connectivity index (χ0v) is 15.0. The number of hydrogen-bond acceptors (Lipinski definition) is 6. The number of nitrogens with one attached hydrogen (secondary N) is 1. The van der Waals surface area contributed by atoms with Gasteiger partial charge in [-0.25, -0.2) is 4.98 Å². The van der Waals surface area contributed by atoms with Gasteiger partial charge in [-0.15, -0.1) is 0 Å². The summed E-state index contributed by atoms with van der Waals surface area (Å²) in [4.78, 5) is 31.8. The third-order valence-corrected chi connectivity index (χ3v) is 5.43. The number of hydrogen-bond donors (Lipinski definition) is 1. The van der Waals surface area contributed by atoms with E-state index in [4.69, 9.17) is 9.15 Å². The van der Waals surface area contributed by atoms with E-state index in [0.29, 0.717) is 37.0 Å². The van der Waals surface area contributed by atoms with Crippen LogP contribution in [0.3, 0.4) is 0 Å². The van der Waals surface area contributed by atoms with Crippen LogP contribution in [0.15, 0.2) is 28.9 Å². The van der Waals surface area contributed by atoms with Crippen molar-refractivity contribution in [2.45, 2.75) is 31.9 Å². The number of fused-ring (bicyclic) bond motifs is 1. The molecule has 2 aromatic heterocycles. The maximum absolute atomic E-state index is 12.4. The van der Waals surface area contributed by atoms with E-state index >= 15 is 0 Å². The first-order chi connectivity index (χ1) is 12.7. The fourth-order valence-corrected chi connectivity index (χ4v) is 4.08. The first-order valence-corrected chi connectivity index (χ1v) is 9.42. The van der Waals surface area contributed by atoms with Crippen LogP contribution < -0.4 is 5.32 Å². The summed E-state index contributed by atoms with van der Waals surface area (Å²) in [6.07, 6.45) is 6.72. The van der Waals surface area contributed by atoms with Crippen LogP contribution in [0.2, 0.25) is 0 Å². The first kappa shape index (κ1) is 17.0. The monoisotopic (exact) mass is 373 g/mol. The SMILES string of the molecule is O=C(Nc1nc2c(s1)CN(C(=O)/C=C/c1ccco1)CC2)[C@H]1CCCO1. The molecule has 2 aromatic rings. The van der Waals surface area contributed by atoms with E-state index in [9.17, 15) is 9.59 Å². The van der Waals surface area contributed by atoms with Crippen LogP contribution in [0.4, 0.5) is 5.13 Å². The number of anilines is 1. The fraction of sp³-hybridized carbons (Fsp3) is 0.389. The molecule has 0 aromatic carbocycles. The third kappa shape index (κ3) is 3.71. The minimum atomic E-state index is -0.374. The molecule has 0 bridgehead atoms. The second-order valence-electron chi connectivity index (χ2n) is 6.24. The number of ether oxygens (including phenoxy) is 1. The average Bonchev–Trinajstić information content (AvgIpc) is 3.39. The average molecular weight is 373 g/mol. The van der Waals surface area contributed by atoms with Crippen molar-refractivity contribution < 1.29 is 18.7 Å². The van der Waals surface area contributed by atoms with Gasteiger partial charge in [-0.3, -0.25) is 14.9 Å². The molecule has 1 saturated heterocycles. The Morgan fingerprint density at radius 1 is 1.42 bits per heavy atom. The number of aromatic nitrogens is 1. The Kier molecular flexibility index (Phi) is 4.85. The number of amides is 2. The van der Waals surface area contributed by atoms with Gasteiger partial charge in [-0.1, -0.05) is 11.3 Å². The zero-order chi connectivity index (χ0) is 17.9. The van der Waals surface area contributed by atoms with Crippen molar-refractivity contribution in [3.8, 4) is 0 Å². The molecule has 0 spiro atoms. The molecule has 136 valence electrons. The Labute approximate surface area is 154 Å². The van der Waals surface area contributed by atoms with Gasteiger partial charge >= 0.3 is 0 Å². The van der Waals surface area contributed by atoms with Crippen molar-refractivity contribution >= 4 is 34.4 Å². The Bertz CT molecular complexity index is 822. The highest BCUT2D eigenvalue weighted by atomic mass is 32.1. The van der Waals surface area contributed by atoms with Crippen molar-refractivity contribution in [3.63, 3.8) is 0 Å². The summed E-state index contributed by atoms with van der Waals surface area (Å²) in [5.74, 6) is 0.446. The van der Waals surface area contributed by atoms with Gasteiger partial charge in [0.25, 0.3) is 5.91 Å². The molecule has 2 amide bonds. The number of furan rings is 1. The molecular formula is C18H19N3O4S. The molecule has 26 heavy (non-hydrogen) atoms. The number of carbonyl (C=O) groups excluding carboxylic acids is 2. The highest BCUT2D eigenvalue weighted by Gasteiger charge is 2.27. The van der Waals surface area contributed by atoms with Crippen LogP contribution >= 0.6 is 11.3 Å². The van der Waals surface area contributed by atoms with Crippen LogP contribution in [0.25, 0.3) is 6.08 Å². The molecule has 2 aliphatic rings. The van der Waals surface area contributed by atoms with E-state index in [0.717, 1.165) is 23.4 Å². The number of thiazole rings is 1. The largest absolute Gasteiger partial charge is 0.465 e.